The molecule has 19 heavy (non-hydrogen) atoms. The summed E-state index contributed by atoms with van der Waals surface area (Å²) in [7, 11) is 0. The fourth-order valence-electron chi connectivity index (χ4n) is 1.97. The fourth-order valence-corrected chi connectivity index (χ4v) is 2.10. The van der Waals surface area contributed by atoms with E-state index in [0.29, 0.717) is 0 Å². The van der Waals surface area contributed by atoms with Gasteiger partial charge in [0.1, 0.15) is 0 Å². The SMILES string of the molecule is Nc1ccc(-n2cncc2-c2ccc(Cl)cc2)cc1. The average molecular weight is 270 g/mol. The first-order valence-corrected chi connectivity index (χ1v) is 6.26. The molecule has 0 aliphatic rings. The van der Waals surface area contributed by atoms with Gasteiger partial charge in [0, 0.05) is 22.0 Å². The first-order chi connectivity index (χ1) is 9.24. The molecule has 0 radical (unpaired) electrons. The molecule has 0 aliphatic carbocycles. The van der Waals surface area contributed by atoms with E-state index in [1.165, 1.54) is 0 Å². The average Bonchev–Trinajstić information content (AvgIpc) is 2.90. The normalized spacial score (nSPS) is 10.6. The van der Waals surface area contributed by atoms with E-state index in [0.717, 1.165) is 27.7 Å². The maximum atomic E-state index is 5.91. The summed E-state index contributed by atoms with van der Waals surface area (Å²) in [5.41, 5.74) is 9.56. The van der Waals surface area contributed by atoms with Gasteiger partial charge in [-0.2, -0.15) is 0 Å². The lowest BCUT2D eigenvalue weighted by Crippen LogP contribution is -1.95. The number of imidazole rings is 1. The van der Waals surface area contributed by atoms with Gasteiger partial charge in [0.25, 0.3) is 0 Å². The van der Waals surface area contributed by atoms with Crippen molar-refractivity contribution in [2.24, 2.45) is 0 Å². The van der Waals surface area contributed by atoms with E-state index in [-0.39, 0.29) is 0 Å². The van der Waals surface area contributed by atoms with Gasteiger partial charge in [-0.25, -0.2) is 4.98 Å². The van der Waals surface area contributed by atoms with Gasteiger partial charge >= 0.3 is 0 Å². The van der Waals surface area contributed by atoms with Gasteiger partial charge in [-0.1, -0.05) is 23.7 Å². The molecule has 4 heteroatoms. The summed E-state index contributed by atoms with van der Waals surface area (Å²) in [6.45, 7) is 0. The first-order valence-electron chi connectivity index (χ1n) is 5.88. The lowest BCUT2D eigenvalue weighted by molar-refractivity contribution is 1.06. The predicted molar refractivity (Wildman–Crippen MR) is 78.4 cm³/mol. The molecule has 2 N–H and O–H groups in total. The summed E-state index contributed by atoms with van der Waals surface area (Å²) in [5, 5.41) is 0.724. The topological polar surface area (TPSA) is 43.8 Å². The molecule has 0 unspecified atom stereocenters. The smallest absolute Gasteiger partial charge is 0.0997 e. The van der Waals surface area contributed by atoms with E-state index in [9.17, 15) is 0 Å². The molecule has 2 aromatic carbocycles. The van der Waals surface area contributed by atoms with Gasteiger partial charge in [-0.3, -0.25) is 4.57 Å². The molecule has 0 aliphatic heterocycles. The fraction of sp³-hybridized carbons (Fsp3) is 0. The van der Waals surface area contributed by atoms with E-state index >= 15 is 0 Å². The molecule has 0 amide bonds. The minimum absolute atomic E-state index is 0.724. The van der Waals surface area contributed by atoms with Crippen LogP contribution < -0.4 is 5.73 Å². The molecule has 3 nitrogen and oxygen atoms in total. The van der Waals surface area contributed by atoms with Crippen LogP contribution in [0.5, 0.6) is 0 Å². The number of rotatable bonds is 2. The molecule has 0 bridgehead atoms. The number of halogens is 1. The number of nitrogen functional groups attached to an aromatic ring is 1. The highest BCUT2D eigenvalue weighted by molar-refractivity contribution is 6.30. The summed E-state index contributed by atoms with van der Waals surface area (Å²) in [4.78, 5) is 4.22. The van der Waals surface area contributed by atoms with Crippen molar-refractivity contribution in [3.8, 4) is 16.9 Å². The Bertz CT molecular complexity index is 624. The van der Waals surface area contributed by atoms with Crippen LogP contribution in [0.4, 0.5) is 5.69 Å². The van der Waals surface area contributed by atoms with E-state index in [1.807, 2.05) is 59.3 Å². The van der Waals surface area contributed by atoms with Crippen LogP contribution >= 0.6 is 11.6 Å². The van der Waals surface area contributed by atoms with Gasteiger partial charge in [-0.15, -0.1) is 0 Å². The molecule has 0 spiro atoms. The lowest BCUT2D eigenvalue weighted by Gasteiger charge is -2.08. The first kappa shape index (κ1) is 11.8. The molecule has 0 saturated heterocycles. The second kappa shape index (κ2) is 4.78. The van der Waals surface area contributed by atoms with Gasteiger partial charge in [0.05, 0.1) is 18.2 Å². The molecule has 94 valence electrons. The van der Waals surface area contributed by atoms with Crippen molar-refractivity contribution in [2.45, 2.75) is 0 Å². The maximum Gasteiger partial charge on any atom is 0.0997 e. The highest BCUT2D eigenvalue weighted by Gasteiger charge is 2.06. The molecule has 3 rings (SSSR count). The van der Waals surface area contributed by atoms with Crippen molar-refractivity contribution in [3.63, 3.8) is 0 Å². The van der Waals surface area contributed by atoms with Crippen molar-refractivity contribution < 1.29 is 0 Å². The molecule has 1 aromatic heterocycles. The number of nitrogens with two attached hydrogens (primary N) is 1. The van der Waals surface area contributed by atoms with Crippen LogP contribution in [0.1, 0.15) is 0 Å². The third-order valence-electron chi connectivity index (χ3n) is 2.95. The second-order valence-corrected chi connectivity index (χ2v) is 4.68. The van der Waals surface area contributed by atoms with Crippen LogP contribution in [0.25, 0.3) is 16.9 Å². The molecule has 0 fully saturated rings. The number of benzene rings is 2. The Kier molecular flexibility index (Phi) is 2.97. The van der Waals surface area contributed by atoms with Crippen molar-refractivity contribution in [1.82, 2.24) is 9.55 Å². The Hall–Kier alpha value is -2.26. The van der Waals surface area contributed by atoms with E-state index < -0.39 is 0 Å². The summed E-state index contributed by atoms with van der Waals surface area (Å²) < 4.78 is 2.02. The summed E-state index contributed by atoms with van der Waals surface area (Å²) in [5.74, 6) is 0. The van der Waals surface area contributed by atoms with Gasteiger partial charge < -0.3 is 5.73 Å². The van der Waals surface area contributed by atoms with Gasteiger partial charge in [0.15, 0.2) is 0 Å². The van der Waals surface area contributed by atoms with Gasteiger partial charge in [0.2, 0.25) is 0 Å². The largest absolute Gasteiger partial charge is 0.399 e. The quantitative estimate of drug-likeness (QED) is 0.720. The van der Waals surface area contributed by atoms with Crippen molar-refractivity contribution in [1.29, 1.82) is 0 Å². The number of hydrogen-bond acceptors (Lipinski definition) is 2. The van der Waals surface area contributed by atoms with Crippen LogP contribution in [0.15, 0.2) is 61.1 Å². The summed E-state index contributed by atoms with van der Waals surface area (Å²) >= 11 is 5.91. The number of nitrogens with zero attached hydrogens (tertiary/aromatic N) is 2. The zero-order valence-corrected chi connectivity index (χ0v) is 10.9. The third kappa shape index (κ3) is 2.33. The molecular formula is C15H12ClN3. The Morgan fingerprint density at radius 1 is 0.947 bits per heavy atom. The van der Waals surface area contributed by atoms with Crippen LogP contribution in [0.3, 0.4) is 0 Å². The number of aromatic nitrogens is 2. The predicted octanol–water partition coefficient (Wildman–Crippen LogP) is 3.77. The lowest BCUT2D eigenvalue weighted by atomic mass is 10.1. The van der Waals surface area contributed by atoms with Crippen molar-refractivity contribution in [3.05, 3.63) is 66.1 Å². The Balaban J connectivity index is 2.07. The number of hydrogen-bond donors (Lipinski definition) is 1. The molecule has 1 heterocycles. The monoisotopic (exact) mass is 269 g/mol. The summed E-state index contributed by atoms with van der Waals surface area (Å²) in [6.07, 6.45) is 3.62. The van der Waals surface area contributed by atoms with Crippen LogP contribution in [0.2, 0.25) is 5.02 Å². The highest BCUT2D eigenvalue weighted by Crippen LogP contribution is 2.24. The van der Waals surface area contributed by atoms with E-state index in [2.05, 4.69) is 4.98 Å². The summed E-state index contributed by atoms with van der Waals surface area (Å²) in [6, 6.07) is 15.4. The third-order valence-corrected chi connectivity index (χ3v) is 3.20. The minimum atomic E-state index is 0.724. The van der Waals surface area contributed by atoms with Crippen LogP contribution in [0, 0.1) is 0 Å². The Morgan fingerprint density at radius 2 is 1.63 bits per heavy atom. The molecular weight excluding hydrogens is 258 g/mol. The Labute approximate surface area is 116 Å². The molecule has 0 atom stereocenters. The minimum Gasteiger partial charge on any atom is -0.399 e. The zero-order valence-electron chi connectivity index (χ0n) is 10.1. The highest BCUT2D eigenvalue weighted by atomic mass is 35.5. The van der Waals surface area contributed by atoms with Gasteiger partial charge in [-0.05, 0) is 36.4 Å². The van der Waals surface area contributed by atoms with E-state index in [4.69, 9.17) is 17.3 Å². The second-order valence-electron chi connectivity index (χ2n) is 4.25. The Morgan fingerprint density at radius 3 is 2.32 bits per heavy atom. The van der Waals surface area contributed by atoms with Crippen LogP contribution in [-0.4, -0.2) is 9.55 Å². The van der Waals surface area contributed by atoms with Crippen molar-refractivity contribution >= 4 is 17.3 Å². The molecule has 3 aromatic rings. The standard InChI is InChI=1S/C15H12ClN3/c16-12-3-1-11(2-4-12)15-9-18-10-19(15)14-7-5-13(17)6-8-14/h1-10H,17H2. The maximum absolute atomic E-state index is 5.91. The van der Waals surface area contributed by atoms with Crippen molar-refractivity contribution in [2.75, 3.05) is 5.73 Å². The molecule has 0 saturated carbocycles. The van der Waals surface area contributed by atoms with E-state index in [1.54, 1.807) is 6.33 Å². The number of anilines is 1. The zero-order chi connectivity index (χ0) is 13.2. The van der Waals surface area contributed by atoms with Crippen LogP contribution in [-0.2, 0) is 0 Å².